The van der Waals surface area contributed by atoms with Crippen molar-refractivity contribution >= 4 is 65.1 Å². The predicted octanol–water partition coefficient (Wildman–Crippen LogP) is 16.0. The summed E-state index contributed by atoms with van der Waals surface area (Å²) in [5.74, 6) is 1.02. The van der Waals surface area contributed by atoms with E-state index in [0.717, 1.165) is 54.5 Å². The fraction of sp³-hybridized carbons (Fsp3) is 0.0312. The average Bonchev–Trinajstić information content (AvgIpc) is 4.15. The highest BCUT2D eigenvalue weighted by atomic mass is 32.1. The van der Waals surface area contributed by atoms with Crippen molar-refractivity contribution in [2.24, 2.45) is 15.7 Å². The van der Waals surface area contributed by atoms with Crippen LogP contribution in [0.1, 0.15) is 38.9 Å². The minimum atomic E-state index is -0.392. The molecule has 5 heteroatoms. The van der Waals surface area contributed by atoms with Gasteiger partial charge in [-0.25, -0.2) is 4.99 Å². The maximum absolute atomic E-state index is 6.92. The Morgan fingerprint density at radius 3 is 1.81 bits per heavy atom. The second kappa shape index (κ2) is 15.5. The minimum Gasteiger partial charge on any atom is -0.456 e. The van der Waals surface area contributed by atoms with Gasteiger partial charge < -0.3 is 10.2 Å². The van der Waals surface area contributed by atoms with Gasteiger partial charge in [-0.1, -0.05) is 182 Å². The smallest absolute Gasteiger partial charge is 0.157 e. The molecule has 324 valence electrons. The number of hydrogen-bond donors (Lipinski definition) is 1. The molecule has 2 N–H and O–H groups in total. The molecule has 4 nitrogen and oxygen atoms in total. The van der Waals surface area contributed by atoms with Crippen LogP contribution in [0.3, 0.4) is 0 Å². The van der Waals surface area contributed by atoms with Crippen LogP contribution in [0.5, 0.6) is 0 Å². The lowest BCUT2D eigenvalue weighted by atomic mass is 9.70. The highest BCUT2D eigenvalue weighted by Gasteiger charge is 2.51. The van der Waals surface area contributed by atoms with Crippen molar-refractivity contribution in [3.05, 3.63) is 263 Å². The number of rotatable bonds is 6. The Balaban J connectivity index is 0.845. The van der Waals surface area contributed by atoms with Gasteiger partial charge in [-0.2, -0.15) is 0 Å². The van der Waals surface area contributed by atoms with E-state index in [0.29, 0.717) is 18.2 Å². The minimum absolute atomic E-state index is 0.387. The molecule has 1 spiro atoms. The van der Waals surface area contributed by atoms with Gasteiger partial charge in [-0.15, -0.1) is 11.3 Å². The third-order valence-electron chi connectivity index (χ3n) is 14.4. The molecule has 10 aromatic carbocycles. The van der Waals surface area contributed by atoms with Gasteiger partial charge in [-0.05, 0) is 115 Å². The normalized spacial score (nSPS) is 13.6. The summed E-state index contributed by atoms with van der Waals surface area (Å²) in [5.41, 5.74) is 26.3. The summed E-state index contributed by atoms with van der Waals surface area (Å²) < 4.78 is 8.87. The van der Waals surface area contributed by atoms with E-state index in [9.17, 15) is 0 Å². The van der Waals surface area contributed by atoms with Crippen LogP contribution in [0.4, 0.5) is 0 Å². The zero-order chi connectivity index (χ0) is 45.6. The zero-order valence-electron chi connectivity index (χ0n) is 37.4. The van der Waals surface area contributed by atoms with E-state index in [1.807, 2.05) is 42.5 Å². The Kier molecular flexibility index (Phi) is 8.85. The molecule has 0 aliphatic heterocycles. The van der Waals surface area contributed by atoms with Crippen LogP contribution in [0, 0.1) is 0 Å². The molecule has 2 aliphatic rings. The first-order chi connectivity index (χ1) is 34.1. The summed E-state index contributed by atoms with van der Waals surface area (Å²) in [6, 6.07) is 80.7. The van der Waals surface area contributed by atoms with Crippen molar-refractivity contribution in [1.29, 1.82) is 0 Å². The van der Waals surface area contributed by atoms with Crippen LogP contribution >= 0.6 is 11.3 Å². The lowest BCUT2D eigenvalue weighted by Crippen LogP contribution is -2.25. The van der Waals surface area contributed by atoms with Crippen LogP contribution in [0.25, 0.3) is 86.6 Å². The molecule has 0 bridgehead atoms. The Hall–Kier alpha value is -8.64. The molecule has 12 aromatic rings. The molecule has 2 aliphatic carbocycles. The van der Waals surface area contributed by atoms with Gasteiger partial charge in [0.25, 0.3) is 0 Å². The number of nitrogens with zero attached hydrogens (tertiary/aromatic N) is 2. The maximum Gasteiger partial charge on any atom is 0.157 e. The van der Waals surface area contributed by atoms with E-state index in [1.165, 1.54) is 71.1 Å². The monoisotopic (exact) mass is 899 g/mol. The van der Waals surface area contributed by atoms with Gasteiger partial charge in [-0.3, -0.25) is 4.99 Å². The molecule has 2 aromatic heterocycles. The van der Waals surface area contributed by atoms with Crippen LogP contribution in [0.15, 0.2) is 239 Å². The van der Waals surface area contributed by atoms with Crippen LogP contribution < -0.4 is 5.73 Å². The molecule has 0 unspecified atom stereocenters. The molecular weight excluding hydrogens is 859 g/mol. The third kappa shape index (κ3) is 6.00. The van der Waals surface area contributed by atoms with Crippen LogP contribution in [-0.2, 0) is 12.0 Å². The number of fused-ring (bicyclic) bond motifs is 16. The molecule has 0 fully saturated rings. The van der Waals surface area contributed by atoms with Gasteiger partial charge in [0.2, 0.25) is 0 Å². The number of furan rings is 1. The number of amidine groups is 2. The van der Waals surface area contributed by atoms with E-state index in [2.05, 4.69) is 182 Å². The standard InChI is InChI=1S/C64H41N3OS/c65-62(51-25-14-24-50-49-23-7-11-30-59(49)69-61(50)51)67-63(39-15-2-1-3-16-39)66-38-44-19-13-29-58-60(44)52-36-42(32-34-57(52)68-58)40-17-12-18-41(35-40)43-31-33-48-47-22-6-10-28-55(47)64(56(48)37-43)53-26-8-4-20-45(53)46-21-5-9-27-54(46)64/h1-37H,38H2,(H2,65,66,67). The Morgan fingerprint density at radius 1 is 0.464 bits per heavy atom. The van der Waals surface area contributed by atoms with Crippen molar-refractivity contribution in [1.82, 2.24) is 0 Å². The first-order valence-electron chi connectivity index (χ1n) is 23.5. The Morgan fingerprint density at radius 2 is 1.06 bits per heavy atom. The van der Waals surface area contributed by atoms with Crippen molar-refractivity contribution < 1.29 is 4.42 Å². The number of thiophene rings is 1. The van der Waals surface area contributed by atoms with Crippen molar-refractivity contribution in [2.75, 3.05) is 0 Å². The maximum atomic E-state index is 6.92. The third-order valence-corrected chi connectivity index (χ3v) is 15.7. The molecule has 0 saturated heterocycles. The van der Waals surface area contributed by atoms with E-state index in [-0.39, 0.29) is 0 Å². The average molecular weight is 900 g/mol. The Labute approximate surface area is 403 Å². The summed E-state index contributed by atoms with van der Waals surface area (Å²) >= 11 is 1.74. The first kappa shape index (κ1) is 39.5. The van der Waals surface area contributed by atoms with Crippen LogP contribution in [0.2, 0.25) is 0 Å². The molecule has 0 saturated carbocycles. The first-order valence-corrected chi connectivity index (χ1v) is 24.3. The van der Waals surface area contributed by atoms with Gasteiger partial charge in [0.05, 0.1) is 12.0 Å². The summed E-state index contributed by atoms with van der Waals surface area (Å²) in [7, 11) is 0. The molecule has 14 rings (SSSR count). The van der Waals surface area contributed by atoms with E-state index in [4.69, 9.17) is 20.1 Å². The van der Waals surface area contributed by atoms with Gasteiger partial charge in [0.15, 0.2) is 5.84 Å². The fourth-order valence-electron chi connectivity index (χ4n) is 11.4. The number of hydrogen-bond acceptors (Lipinski definition) is 3. The quantitative estimate of drug-likeness (QED) is 0.133. The summed E-state index contributed by atoms with van der Waals surface area (Å²) in [6.07, 6.45) is 0. The SMILES string of the molecule is N/C(=N\C(=N/Cc1cccc2oc3ccc(-c4cccc(-c5ccc6c(c5)C5(c7ccccc7-c7ccccc75)c5ccccc5-6)c4)cc3c12)c1ccccc1)c1cccc2c1sc1ccccc12. The zero-order valence-corrected chi connectivity index (χ0v) is 38.2. The van der Waals surface area contributed by atoms with Gasteiger partial charge >= 0.3 is 0 Å². The van der Waals surface area contributed by atoms with Gasteiger partial charge in [0, 0.05) is 42.1 Å². The molecule has 2 heterocycles. The van der Waals surface area contributed by atoms with E-state index >= 15 is 0 Å². The highest BCUT2D eigenvalue weighted by Crippen LogP contribution is 2.63. The number of nitrogens with two attached hydrogens (primary N) is 1. The lowest BCUT2D eigenvalue weighted by molar-refractivity contribution is 0.668. The molecular formula is C64H41N3OS. The Bertz CT molecular complexity index is 4070. The second-order valence-corrected chi connectivity index (χ2v) is 19.2. The number of benzene rings is 10. The lowest BCUT2D eigenvalue weighted by Gasteiger charge is -2.30. The summed E-state index contributed by atoms with van der Waals surface area (Å²) in [4.78, 5) is 10.3. The fourth-order valence-corrected chi connectivity index (χ4v) is 12.7. The predicted molar refractivity (Wildman–Crippen MR) is 288 cm³/mol. The molecule has 0 radical (unpaired) electrons. The summed E-state index contributed by atoms with van der Waals surface area (Å²) in [6.45, 7) is 0.387. The van der Waals surface area contributed by atoms with Crippen molar-refractivity contribution in [3.8, 4) is 44.5 Å². The van der Waals surface area contributed by atoms with E-state index in [1.54, 1.807) is 11.3 Å². The van der Waals surface area contributed by atoms with Gasteiger partial charge in [0.1, 0.15) is 17.0 Å². The number of aliphatic imine (C=N–C) groups is 2. The topological polar surface area (TPSA) is 63.9 Å². The van der Waals surface area contributed by atoms with E-state index < -0.39 is 5.41 Å². The van der Waals surface area contributed by atoms with Crippen molar-refractivity contribution in [3.63, 3.8) is 0 Å². The largest absolute Gasteiger partial charge is 0.456 e. The molecule has 69 heavy (non-hydrogen) atoms. The highest BCUT2D eigenvalue weighted by molar-refractivity contribution is 7.26. The second-order valence-electron chi connectivity index (χ2n) is 18.1. The molecule has 0 atom stereocenters. The van der Waals surface area contributed by atoms with Crippen molar-refractivity contribution in [2.45, 2.75) is 12.0 Å². The molecule has 0 amide bonds. The summed E-state index contributed by atoms with van der Waals surface area (Å²) in [5, 5.41) is 4.50. The van der Waals surface area contributed by atoms with Crippen LogP contribution in [-0.4, -0.2) is 11.7 Å².